The van der Waals surface area contributed by atoms with Crippen LogP contribution in [0.4, 0.5) is 11.4 Å². The molecule has 4 aliphatic carbocycles. The minimum Gasteiger partial charge on any atom is -0.493 e. The molecule has 0 unspecified atom stereocenters. The number of hydrogen-bond acceptors (Lipinski definition) is 8. The molecule has 4 fully saturated rings. The third-order valence-corrected chi connectivity index (χ3v) is 9.19. The number of carbonyl (C=O) groups excluding carboxylic acids is 2. The summed E-state index contributed by atoms with van der Waals surface area (Å²) in [5.41, 5.74) is 5.15. The van der Waals surface area contributed by atoms with E-state index in [1.807, 2.05) is 12.1 Å². The van der Waals surface area contributed by atoms with Gasteiger partial charge >= 0.3 is 5.69 Å². The van der Waals surface area contributed by atoms with E-state index in [9.17, 15) is 19.7 Å². The maximum Gasteiger partial charge on any atom is 0.310 e. The maximum absolute atomic E-state index is 12.7. The first-order chi connectivity index (χ1) is 21.8. The van der Waals surface area contributed by atoms with Crippen LogP contribution in [0.15, 0.2) is 71.8 Å². The molecule has 0 aromatic heterocycles. The quantitative estimate of drug-likeness (QED) is 0.154. The molecule has 0 spiro atoms. The molecule has 45 heavy (non-hydrogen) atoms. The molecule has 0 radical (unpaired) electrons. The lowest BCUT2D eigenvalue weighted by atomic mass is 9.48. The Labute approximate surface area is 261 Å². The number of nitro groups is 1. The standard InChI is InChI=1S/C34H36N4O7/c1-43-31-15-22(19-35-37-33(40)21-44-29-5-3-2-4-28(29)38(41)42)6-11-30(31)45-20-32(39)36-27-9-7-26(8-10-27)34-16-23-12-24(17-34)14-25(13-23)18-34/h2-11,15,19,23-25H,12-14,16-18,20-21H2,1H3,(H,36,39)(H,37,40)/b35-19+. The van der Waals surface area contributed by atoms with Crippen LogP contribution >= 0.6 is 0 Å². The summed E-state index contributed by atoms with van der Waals surface area (Å²) in [6, 6.07) is 19.2. The summed E-state index contributed by atoms with van der Waals surface area (Å²) in [6.07, 6.45) is 9.54. The lowest BCUT2D eigenvalue weighted by Gasteiger charge is -2.57. The molecule has 4 aliphatic rings. The molecule has 234 valence electrons. The number of ether oxygens (including phenoxy) is 3. The molecule has 0 aliphatic heterocycles. The van der Waals surface area contributed by atoms with Crippen LogP contribution in [-0.4, -0.2) is 43.3 Å². The van der Waals surface area contributed by atoms with Crippen molar-refractivity contribution in [2.45, 2.75) is 43.9 Å². The highest BCUT2D eigenvalue weighted by molar-refractivity contribution is 5.92. The second-order valence-corrected chi connectivity index (χ2v) is 12.3. The SMILES string of the molecule is COc1cc(/C=N/NC(=O)COc2ccccc2[N+](=O)[O-])ccc1OCC(=O)Nc1ccc(C23CC4CC(CC(C4)C2)C3)cc1. The zero-order chi connectivity index (χ0) is 31.4. The Balaban J connectivity index is 0.974. The number of benzene rings is 3. The number of amides is 2. The number of para-hydroxylation sites is 2. The van der Waals surface area contributed by atoms with Gasteiger partial charge in [-0.25, -0.2) is 5.43 Å². The Morgan fingerprint density at radius 1 is 0.889 bits per heavy atom. The molecule has 11 heteroatoms. The Bertz CT molecular complexity index is 1570. The second kappa shape index (κ2) is 13.0. The first-order valence-corrected chi connectivity index (χ1v) is 15.2. The van der Waals surface area contributed by atoms with Gasteiger partial charge in [-0.1, -0.05) is 24.3 Å². The van der Waals surface area contributed by atoms with Crippen molar-refractivity contribution in [2.75, 3.05) is 25.6 Å². The van der Waals surface area contributed by atoms with Crippen molar-refractivity contribution in [3.05, 3.63) is 88.0 Å². The van der Waals surface area contributed by atoms with E-state index in [4.69, 9.17) is 14.2 Å². The number of anilines is 1. The summed E-state index contributed by atoms with van der Waals surface area (Å²) in [7, 11) is 1.48. The number of nitrogens with zero attached hydrogens (tertiary/aromatic N) is 2. The van der Waals surface area contributed by atoms with Crippen molar-refractivity contribution in [1.82, 2.24) is 5.43 Å². The first-order valence-electron chi connectivity index (χ1n) is 15.2. The van der Waals surface area contributed by atoms with Gasteiger partial charge in [0.2, 0.25) is 0 Å². The van der Waals surface area contributed by atoms with Gasteiger partial charge in [0.1, 0.15) is 0 Å². The number of carbonyl (C=O) groups is 2. The van der Waals surface area contributed by atoms with Gasteiger partial charge in [-0.2, -0.15) is 5.10 Å². The number of nitro benzene ring substituents is 1. The van der Waals surface area contributed by atoms with E-state index in [0.717, 1.165) is 23.4 Å². The highest BCUT2D eigenvalue weighted by Crippen LogP contribution is 2.60. The van der Waals surface area contributed by atoms with Gasteiger partial charge in [0.05, 0.1) is 18.2 Å². The van der Waals surface area contributed by atoms with Gasteiger partial charge < -0.3 is 19.5 Å². The van der Waals surface area contributed by atoms with Crippen molar-refractivity contribution < 1.29 is 28.7 Å². The zero-order valence-electron chi connectivity index (χ0n) is 25.1. The summed E-state index contributed by atoms with van der Waals surface area (Å²) < 4.78 is 16.4. The average molecular weight is 613 g/mol. The van der Waals surface area contributed by atoms with E-state index in [-0.39, 0.29) is 24.0 Å². The summed E-state index contributed by atoms with van der Waals surface area (Å²) in [4.78, 5) is 35.3. The van der Waals surface area contributed by atoms with E-state index < -0.39 is 17.4 Å². The fourth-order valence-corrected chi connectivity index (χ4v) is 7.68. The minimum absolute atomic E-state index is 0.0130. The van der Waals surface area contributed by atoms with Crippen LogP contribution < -0.4 is 25.0 Å². The molecule has 2 N–H and O–H groups in total. The second-order valence-electron chi connectivity index (χ2n) is 12.3. The first kappa shape index (κ1) is 30.1. The number of rotatable bonds is 12. The van der Waals surface area contributed by atoms with E-state index >= 15 is 0 Å². The van der Waals surface area contributed by atoms with Crippen LogP contribution in [0.25, 0.3) is 0 Å². The Morgan fingerprint density at radius 3 is 2.20 bits per heavy atom. The van der Waals surface area contributed by atoms with Gasteiger partial charge in [-0.3, -0.25) is 19.7 Å². The van der Waals surface area contributed by atoms with E-state index in [2.05, 4.69) is 28.0 Å². The Kier molecular flexibility index (Phi) is 8.68. The van der Waals surface area contributed by atoms with Gasteiger partial charge in [-0.05, 0) is 109 Å². The molecule has 3 aromatic rings. The number of hydrogen-bond donors (Lipinski definition) is 2. The molecule has 4 saturated carbocycles. The number of hydrazone groups is 1. The average Bonchev–Trinajstić information content (AvgIpc) is 3.03. The lowest BCUT2D eigenvalue weighted by Crippen LogP contribution is -2.48. The van der Waals surface area contributed by atoms with Gasteiger partial charge in [0, 0.05) is 11.8 Å². The van der Waals surface area contributed by atoms with Crippen LogP contribution in [0.1, 0.15) is 49.7 Å². The van der Waals surface area contributed by atoms with E-state index in [1.165, 1.54) is 75.6 Å². The zero-order valence-corrected chi connectivity index (χ0v) is 25.1. The van der Waals surface area contributed by atoms with Crippen LogP contribution in [0, 0.1) is 27.9 Å². The minimum atomic E-state index is -0.593. The lowest BCUT2D eigenvalue weighted by molar-refractivity contribution is -0.385. The smallest absolute Gasteiger partial charge is 0.310 e. The number of methoxy groups -OCH3 is 1. The van der Waals surface area contributed by atoms with Crippen molar-refractivity contribution in [3.8, 4) is 17.2 Å². The van der Waals surface area contributed by atoms with Crippen LogP contribution in [-0.2, 0) is 15.0 Å². The summed E-state index contributed by atoms with van der Waals surface area (Å²) in [6.45, 7) is -0.650. The largest absolute Gasteiger partial charge is 0.493 e. The van der Waals surface area contributed by atoms with E-state index in [1.54, 1.807) is 24.3 Å². The molecule has 2 amide bonds. The molecule has 0 heterocycles. The Morgan fingerprint density at radius 2 is 1.53 bits per heavy atom. The van der Waals surface area contributed by atoms with Crippen molar-refractivity contribution >= 4 is 29.4 Å². The third-order valence-electron chi connectivity index (χ3n) is 9.19. The molecule has 0 atom stereocenters. The Hall–Kier alpha value is -4.93. The molecule has 11 nitrogen and oxygen atoms in total. The van der Waals surface area contributed by atoms with Crippen molar-refractivity contribution in [3.63, 3.8) is 0 Å². The highest BCUT2D eigenvalue weighted by atomic mass is 16.6. The molecular formula is C34H36N4O7. The fraction of sp³-hybridized carbons (Fsp3) is 0.382. The summed E-state index contributed by atoms with van der Waals surface area (Å²) >= 11 is 0. The van der Waals surface area contributed by atoms with Gasteiger partial charge in [0.25, 0.3) is 11.8 Å². The predicted octanol–water partition coefficient (Wildman–Crippen LogP) is 5.62. The van der Waals surface area contributed by atoms with Crippen molar-refractivity contribution in [2.24, 2.45) is 22.9 Å². The predicted molar refractivity (Wildman–Crippen MR) is 168 cm³/mol. The topological polar surface area (TPSA) is 141 Å². The molecule has 7 rings (SSSR count). The summed E-state index contributed by atoms with van der Waals surface area (Å²) in [5.74, 6) is 2.52. The maximum atomic E-state index is 12.7. The molecule has 3 aromatic carbocycles. The van der Waals surface area contributed by atoms with Crippen LogP contribution in [0.2, 0.25) is 0 Å². The molecule has 4 bridgehead atoms. The normalized spacial score (nSPS) is 23.0. The fourth-order valence-electron chi connectivity index (χ4n) is 7.68. The van der Waals surface area contributed by atoms with Crippen LogP contribution in [0.5, 0.6) is 17.2 Å². The monoisotopic (exact) mass is 612 g/mol. The molecular weight excluding hydrogens is 576 g/mol. The highest BCUT2D eigenvalue weighted by Gasteiger charge is 2.51. The molecule has 0 saturated heterocycles. The van der Waals surface area contributed by atoms with Gasteiger partial charge in [-0.15, -0.1) is 0 Å². The van der Waals surface area contributed by atoms with Crippen molar-refractivity contribution in [1.29, 1.82) is 0 Å². The third kappa shape index (κ3) is 6.92. The summed E-state index contributed by atoms with van der Waals surface area (Å²) in [5, 5.41) is 17.9. The van der Waals surface area contributed by atoms with E-state index in [0.29, 0.717) is 22.5 Å². The van der Waals surface area contributed by atoms with Gasteiger partial charge in [0.15, 0.2) is 30.5 Å². The number of nitrogens with one attached hydrogen (secondary N) is 2. The van der Waals surface area contributed by atoms with Crippen LogP contribution in [0.3, 0.4) is 0 Å².